The zero-order valence-electron chi connectivity index (χ0n) is 10.4. The van der Waals surface area contributed by atoms with Crippen molar-refractivity contribution in [1.82, 2.24) is 15.0 Å². The fraction of sp³-hybridized carbons (Fsp3) is 0.364. The molecule has 2 aromatic heterocycles. The fourth-order valence-corrected chi connectivity index (χ4v) is 2.67. The number of nitrogens with one attached hydrogen (secondary N) is 2. The molecule has 0 amide bonds. The molecule has 0 aromatic carbocycles. The summed E-state index contributed by atoms with van der Waals surface area (Å²) in [5, 5.41) is 4.15. The molecule has 4 N–H and O–H groups in total. The van der Waals surface area contributed by atoms with Crippen LogP contribution in [0.2, 0.25) is 0 Å². The van der Waals surface area contributed by atoms with Crippen molar-refractivity contribution in [3.8, 4) is 0 Å². The molecule has 6 nitrogen and oxygen atoms in total. The summed E-state index contributed by atoms with van der Waals surface area (Å²) in [4.78, 5) is 23.3. The normalized spacial score (nSPS) is 12.4. The summed E-state index contributed by atoms with van der Waals surface area (Å²) in [6.45, 7) is 5.92. The van der Waals surface area contributed by atoms with Gasteiger partial charge in [0.1, 0.15) is 5.69 Å². The number of rotatable bonds is 3. The molecule has 1 atom stereocenters. The molecule has 1 unspecified atom stereocenters. The number of thiazole rings is 1. The maximum absolute atomic E-state index is 11.4. The van der Waals surface area contributed by atoms with Gasteiger partial charge in [-0.05, 0) is 20.8 Å². The van der Waals surface area contributed by atoms with Crippen LogP contribution in [0.15, 0.2) is 11.1 Å². The first-order valence-electron chi connectivity index (χ1n) is 5.52. The van der Waals surface area contributed by atoms with E-state index in [9.17, 15) is 4.79 Å². The average molecular weight is 265 g/mol. The standard InChI is InChI=1S/C11H15N5OS/c1-5-9(18-7(3)15-5)6(2)16-10-8(12)11(17)14-4-13-10/h4,6H,12H2,1-3H3,(H2,13,14,16,17). The zero-order chi connectivity index (χ0) is 13.3. The van der Waals surface area contributed by atoms with E-state index >= 15 is 0 Å². The van der Waals surface area contributed by atoms with Crippen molar-refractivity contribution in [2.75, 3.05) is 11.1 Å². The van der Waals surface area contributed by atoms with Crippen LogP contribution in [0.5, 0.6) is 0 Å². The Kier molecular flexibility index (Phi) is 3.33. The van der Waals surface area contributed by atoms with Crippen LogP contribution in [0.1, 0.15) is 28.5 Å². The maximum atomic E-state index is 11.4. The van der Waals surface area contributed by atoms with E-state index in [0.717, 1.165) is 15.6 Å². The molecule has 2 aromatic rings. The number of hydrogen-bond acceptors (Lipinski definition) is 6. The van der Waals surface area contributed by atoms with Gasteiger partial charge in [-0.15, -0.1) is 11.3 Å². The lowest BCUT2D eigenvalue weighted by Crippen LogP contribution is -2.17. The first-order valence-corrected chi connectivity index (χ1v) is 6.34. The Morgan fingerprint density at radius 1 is 1.50 bits per heavy atom. The minimum atomic E-state index is -0.336. The highest BCUT2D eigenvalue weighted by atomic mass is 32.1. The van der Waals surface area contributed by atoms with Gasteiger partial charge in [0.05, 0.1) is 23.1 Å². The van der Waals surface area contributed by atoms with E-state index < -0.39 is 0 Å². The molecule has 2 heterocycles. The van der Waals surface area contributed by atoms with Crippen molar-refractivity contribution in [3.63, 3.8) is 0 Å². The van der Waals surface area contributed by atoms with Gasteiger partial charge in [-0.1, -0.05) is 0 Å². The third-order valence-corrected chi connectivity index (χ3v) is 3.83. The van der Waals surface area contributed by atoms with E-state index in [1.807, 2.05) is 20.8 Å². The first-order chi connectivity index (χ1) is 8.49. The Balaban J connectivity index is 2.26. The van der Waals surface area contributed by atoms with Crippen molar-refractivity contribution >= 4 is 22.8 Å². The van der Waals surface area contributed by atoms with E-state index in [1.54, 1.807) is 11.3 Å². The SMILES string of the molecule is Cc1nc(C)c(C(C)Nc2nc[nH]c(=O)c2N)s1. The summed E-state index contributed by atoms with van der Waals surface area (Å²) in [5.41, 5.74) is 6.42. The molecule has 0 saturated carbocycles. The number of aromatic amines is 1. The predicted molar refractivity (Wildman–Crippen MR) is 72.9 cm³/mol. The van der Waals surface area contributed by atoms with E-state index in [1.165, 1.54) is 6.33 Å². The molecule has 0 saturated heterocycles. The van der Waals surface area contributed by atoms with Gasteiger partial charge in [-0.25, -0.2) is 9.97 Å². The van der Waals surface area contributed by atoms with Gasteiger partial charge in [0.25, 0.3) is 5.56 Å². The lowest BCUT2D eigenvalue weighted by atomic mass is 10.2. The van der Waals surface area contributed by atoms with Crippen molar-refractivity contribution in [1.29, 1.82) is 0 Å². The molecule has 18 heavy (non-hydrogen) atoms. The Morgan fingerprint density at radius 2 is 2.22 bits per heavy atom. The van der Waals surface area contributed by atoms with Crippen LogP contribution in [0.4, 0.5) is 11.5 Å². The topological polar surface area (TPSA) is 96.7 Å². The van der Waals surface area contributed by atoms with Crippen LogP contribution < -0.4 is 16.6 Å². The molecular weight excluding hydrogens is 250 g/mol. The fourth-order valence-electron chi connectivity index (χ4n) is 1.74. The number of nitrogen functional groups attached to an aromatic ring is 1. The van der Waals surface area contributed by atoms with Gasteiger partial charge in [0, 0.05) is 4.88 Å². The Morgan fingerprint density at radius 3 is 2.83 bits per heavy atom. The second kappa shape index (κ2) is 4.77. The van der Waals surface area contributed by atoms with E-state index in [2.05, 4.69) is 20.3 Å². The number of aromatic nitrogens is 3. The summed E-state index contributed by atoms with van der Waals surface area (Å²) in [7, 11) is 0. The van der Waals surface area contributed by atoms with Crippen LogP contribution >= 0.6 is 11.3 Å². The minimum Gasteiger partial charge on any atom is -0.391 e. The molecular formula is C11H15N5OS. The van der Waals surface area contributed by atoms with Crippen LogP contribution in [0, 0.1) is 13.8 Å². The number of nitrogens with two attached hydrogens (primary N) is 1. The van der Waals surface area contributed by atoms with Crippen molar-refractivity contribution < 1.29 is 0 Å². The summed E-state index contributed by atoms with van der Waals surface area (Å²) in [6, 6.07) is 0.00722. The van der Waals surface area contributed by atoms with Gasteiger partial charge in [0.15, 0.2) is 5.82 Å². The molecule has 0 aliphatic heterocycles. The van der Waals surface area contributed by atoms with Gasteiger partial charge in [-0.2, -0.15) is 0 Å². The highest BCUT2D eigenvalue weighted by molar-refractivity contribution is 7.11. The summed E-state index contributed by atoms with van der Waals surface area (Å²) < 4.78 is 0. The van der Waals surface area contributed by atoms with Crippen molar-refractivity contribution in [3.05, 3.63) is 32.3 Å². The molecule has 7 heteroatoms. The van der Waals surface area contributed by atoms with Crippen molar-refractivity contribution in [2.45, 2.75) is 26.8 Å². The highest BCUT2D eigenvalue weighted by Crippen LogP contribution is 2.27. The van der Waals surface area contributed by atoms with Crippen LogP contribution in [-0.2, 0) is 0 Å². The third kappa shape index (κ3) is 2.35. The van der Waals surface area contributed by atoms with Gasteiger partial charge >= 0.3 is 0 Å². The quantitative estimate of drug-likeness (QED) is 0.783. The maximum Gasteiger partial charge on any atom is 0.276 e. The highest BCUT2D eigenvalue weighted by Gasteiger charge is 2.15. The molecule has 0 aliphatic rings. The van der Waals surface area contributed by atoms with E-state index in [-0.39, 0.29) is 17.3 Å². The van der Waals surface area contributed by atoms with Crippen LogP contribution in [0.3, 0.4) is 0 Å². The molecule has 2 rings (SSSR count). The molecule has 0 bridgehead atoms. The number of nitrogens with zero attached hydrogens (tertiary/aromatic N) is 2. The van der Waals surface area contributed by atoms with Crippen LogP contribution in [-0.4, -0.2) is 15.0 Å². The minimum absolute atomic E-state index is 0.00722. The summed E-state index contributed by atoms with van der Waals surface area (Å²) in [5.74, 6) is 0.400. The molecule has 96 valence electrons. The number of anilines is 2. The summed E-state index contributed by atoms with van der Waals surface area (Å²) in [6.07, 6.45) is 1.33. The predicted octanol–water partition coefficient (Wildman–Crippen LogP) is 1.60. The Bertz CT molecular complexity index is 618. The smallest absolute Gasteiger partial charge is 0.276 e. The Labute approximate surface area is 108 Å². The van der Waals surface area contributed by atoms with Gasteiger partial charge in [-0.3, -0.25) is 4.79 Å². The Hall–Kier alpha value is -1.89. The zero-order valence-corrected chi connectivity index (χ0v) is 11.3. The monoisotopic (exact) mass is 265 g/mol. The van der Waals surface area contributed by atoms with Crippen molar-refractivity contribution in [2.24, 2.45) is 0 Å². The number of H-pyrrole nitrogens is 1. The first kappa shape index (κ1) is 12.6. The molecule has 0 fully saturated rings. The van der Waals surface area contributed by atoms with Gasteiger partial charge in [0.2, 0.25) is 0 Å². The number of aryl methyl sites for hydroxylation is 2. The van der Waals surface area contributed by atoms with E-state index in [0.29, 0.717) is 5.82 Å². The molecule has 0 radical (unpaired) electrons. The lowest BCUT2D eigenvalue weighted by Gasteiger charge is -2.14. The second-order valence-electron chi connectivity index (χ2n) is 4.04. The largest absolute Gasteiger partial charge is 0.391 e. The van der Waals surface area contributed by atoms with E-state index in [4.69, 9.17) is 5.73 Å². The second-order valence-corrected chi connectivity index (χ2v) is 5.28. The molecule has 0 aliphatic carbocycles. The number of hydrogen-bond donors (Lipinski definition) is 3. The third-order valence-electron chi connectivity index (χ3n) is 2.57. The van der Waals surface area contributed by atoms with Crippen LogP contribution in [0.25, 0.3) is 0 Å². The molecule has 0 spiro atoms. The lowest BCUT2D eigenvalue weighted by molar-refractivity contribution is 0.876. The average Bonchev–Trinajstić information content (AvgIpc) is 2.64. The summed E-state index contributed by atoms with van der Waals surface area (Å²) >= 11 is 1.62. The van der Waals surface area contributed by atoms with Gasteiger partial charge < -0.3 is 16.0 Å².